The molecule has 1 heterocycles. The number of carbonyl (C=O) groups is 2. The number of carbonyl (C=O) groups excluding carboxylic acids is 1. The Balaban J connectivity index is 2.21. The van der Waals surface area contributed by atoms with Crippen molar-refractivity contribution in [3.63, 3.8) is 0 Å². The van der Waals surface area contributed by atoms with Gasteiger partial charge in [-0.15, -0.1) is 0 Å². The summed E-state index contributed by atoms with van der Waals surface area (Å²) in [6, 6.07) is 9.96. The normalized spacial score (nSPS) is 12.3. The third-order valence-electron chi connectivity index (χ3n) is 2.75. The second kappa shape index (κ2) is 6.04. The number of carboxylic acid groups (broad SMARTS) is 1. The summed E-state index contributed by atoms with van der Waals surface area (Å²) in [5, 5.41) is 10.3. The van der Waals surface area contributed by atoms with Crippen LogP contribution in [0.15, 0.2) is 30.3 Å². The molecule has 1 aromatic heterocycles. The first-order valence-electron chi connectivity index (χ1n) is 5.98. The molecule has 2 rings (SSSR count). The van der Waals surface area contributed by atoms with Crippen molar-refractivity contribution in [1.82, 2.24) is 0 Å². The molecule has 0 aliphatic carbocycles. The molecule has 2 aromatic rings. The van der Waals surface area contributed by atoms with E-state index in [1.165, 1.54) is 4.26 Å². The summed E-state index contributed by atoms with van der Waals surface area (Å²) in [5.74, 6) is -2.86. The fourth-order valence-corrected chi connectivity index (χ4v) is 4.18. The third-order valence-corrected chi connectivity index (χ3v) is 5.14. The van der Waals surface area contributed by atoms with Crippen LogP contribution in [0.25, 0.3) is 9.65 Å². The molecule has 1 aromatic carbocycles. The van der Waals surface area contributed by atoms with Gasteiger partial charge in [0.05, 0.1) is 0 Å². The molecule has 1 unspecified atom stereocenters. The van der Waals surface area contributed by atoms with E-state index in [2.05, 4.69) is 0 Å². The van der Waals surface area contributed by atoms with Crippen molar-refractivity contribution in [2.24, 2.45) is 5.92 Å². The molecule has 1 N–H and O–H groups in total. The molecule has 0 radical (unpaired) electrons. The Morgan fingerprint density at radius 2 is 2.11 bits per heavy atom. The second-order valence-corrected chi connectivity index (χ2v) is 6.55. The van der Waals surface area contributed by atoms with E-state index in [0.717, 1.165) is 9.82 Å². The Labute approximate surface area is 116 Å². The monoisotopic (exact) mass is 326 g/mol. The van der Waals surface area contributed by atoms with Gasteiger partial charge in [-0.2, -0.15) is 0 Å². The number of esters is 1. The molecule has 4 nitrogen and oxygen atoms in total. The van der Waals surface area contributed by atoms with Crippen LogP contribution in [0.4, 0.5) is 0 Å². The van der Waals surface area contributed by atoms with Crippen molar-refractivity contribution in [2.45, 2.75) is 13.3 Å². The topological polar surface area (TPSA) is 63.6 Å². The summed E-state index contributed by atoms with van der Waals surface area (Å²) in [5.41, 5.74) is 0. The van der Waals surface area contributed by atoms with Gasteiger partial charge in [-0.3, -0.25) is 0 Å². The van der Waals surface area contributed by atoms with Crippen molar-refractivity contribution in [3.8, 4) is 0 Å². The minimum atomic E-state index is -1.12. The zero-order chi connectivity index (χ0) is 13.8. The molecule has 0 aliphatic rings. The van der Waals surface area contributed by atoms with Crippen LogP contribution in [-0.2, 0) is 20.7 Å². The van der Waals surface area contributed by atoms with Gasteiger partial charge in [0.15, 0.2) is 0 Å². The average molecular weight is 325 g/mol. The van der Waals surface area contributed by atoms with Gasteiger partial charge in [-0.05, 0) is 0 Å². The van der Waals surface area contributed by atoms with Crippen molar-refractivity contribution < 1.29 is 19.4 Å². The number of hydrogen-bond acceptors (Lipinski definition) is 3. The van der Waals surface area contributed by atoms with E-state index >= 15 is 0 Å². The number of rotatable bonds is 5. The first-order valence-corrected chi connectivity index (χ1v) is 7.70. The van der Waals surface area contributed by atoms with Crippen LogP contribution in [0, 0.1) is 5.92 Å². The summed E-state index contributed by atoms with van der Waals surface area (Å²) in [7, 11) is 0. The van der Waals surface area contributed by atoms with Gasteiger partial charge < -0.3 is 0 Å². The second-order valence-electron chi connectivity index (χ2n) is 4.10. The molecule has 0 saturated heterocycles. The van der Waals surface area contributed by atoms with Gasteiger partial charge in [0, 0.05) is 0 Å². The summed E-state index contributed by atoms with van der Waals surface area (Å²) in [6.45, 7) is 1.87. The van der Waals surface area contributed by atoms with Crippen molar-refractivity contribution >= 4 is 36.1 Å². The van der Waals surface area contributed by atoms with Gasteiger partial charge in [0.2, 0.25) is 0 Å². The van der Waals surface area contributed by atoms with Crippen LogP contribution in [0.1, 0.15) is 11.4 Å². The molecule has 0 aliphatic heterocycles. The molecule has 0 amide bonds. The molecular formula is C14H14O4Se. The van der Waals surface area contributed by atoms with E-state index in [1.54, 1.807) is 6.92 Å². The van der Waals surface area contributed by atoms with Crippen molar-refractivity contribution in [1.29, 1.82) is 0 Å². The van der Waals surface area contributed by atoms with Gasteiger partial charge in [0.25, 0.3) is 0 Å². The molecule has 0 saturated carbocycles. The zero-order valence-electron chi connectivity index (χ0n) is 10.5. The zero-order valence-corrected chi connectivity index (χ0v) is 12.2. The maximum absolute atomic E-state index is 11.6. The Morgan fingerprint density at radius 3 is 2.74 bits per heavy atom. The number of hydrogen-bond donors (Lipinski definition) is 1. The molecule has 0 bridgehead atoms. The Morgan fingerprint density at radius 1 is 1.37 bits per heavy atom. The van der Waals surface area contributed by atoms with Crippen molar-refractivity contribution in [3.05, 3.63) is 34.8 Å². The first kappa shape index (κ1) is 13.8. The van der Waals surface area contributed by atoms with Crippen LogP contribution >= 0.6 is 0 Å². The Bertz CT molecular complexity index is 569. The molecule has 1 atom stereocenters. The standard InChI is InChI=1S/C14H14O4Se/c1-2-18-14(17)11(13(15)16)8-10-7-9-5-3-4-6-12(9)19-10/h3-7,11H,2,8H2,1H3,(H,15,16). The molecular weight excluding hydrogens is 311 g/mol. The summed E-state index contributed by atoms with van der Waals surface area (Å²) < 4.78 is 7.07. The summed E-state index contributed by atoms with van der Waals surface area (Å²) in [6.07, 6.45) is 0.239. The predicted octanol–water partition coefficient (Wildman–Crippen LogP) is 1.70. The summed E-state index contributed by atoms with van der Waals surface area (Å²) >= 11 is 0.108. The van der Waals surface area contributed by atoms with Crippen LogP contribution < -0.4 is 0 Å². The van der Waals surface area contributed by atoms with Gasteiger partial charge in [-0.25, -0.2) is 0 Å². The number of fused-ring (bicyclic) bond motifs is 1. The van der Waals surface area contributed by atoms with E-state index in [-0.39, 0.29) is 27.5 Å². The Kier molecular flexibility index (Phi) is 4.40. The predicted molar refractivity (Wildman–Crippen MR) is 72.4 cm³/mol. The number of carboxylic acids is 1. The van der Waals surface area contributed by atoms with Gasteiger partial charge in [0.1, 0.15) is 0 Å². The number of aliphatic carboxylic acids is 1. The van der Waals surface area contributed by atoms with Crippen LogP contribution in [0.5, 0.6) is 0 Å². The summed E-state index contributed by atoms with van der Waals surface area (Å²) in [4.78, 5) is 22.8. The van der Waals surface area contributed by atoms with E-state index in [0.29, 0.717) is 0 Å². The molecule has 0 spiro atoms. The maximum atomic E-state index is 11.6. The van der Waals surface area contributed by atoms with Gasteiger partial charge >= 0.3 is 116 Å². The molecule has 0 fully saturated rings. The molecule has 100 valence electrons. The van der Waals surface area contributed by atoms with E-state index < -0.39 is 17.9 Å². The SMILES string of the molecule is CCOC(=O)C(Cc1cc2ccccc2[se]1)C(=O)O. The first-order chi connectivity index (χ1) is 9.11. The molecule has 5 heteroatoms. The fourth-order valence-electron chi connectivity index (χ4n) is 1.85. The van der Waals surface area contributed by atoms with Gasteiger partial charge in [-0.1, -0.05) is 0 Å². The van der Waals surface area contributed by atoms with Crippen molar-refractivity contribution in [2.75, 3.05) is 6.61 Å². The van der Waals surface area contributed by atoms with E-state index in [1.807, 2.05) is 30.3 Å². The number of ether oxygens (including phenoxy) is 1. The van der Waals surface area contributed by atoms with Crippen LogP contribution in [-0.4, -0.2) is 38.2 Å². The Hall–Kier alpha value is -1.58. The van der Waals surface area contributed by atoms with Crippen LogP contribution in [0.2, 0.25) is 0 Å². The average Bonchev–Trinajstić information content (AvgIpc) is 2.78. The van der Waals surface area contributed by atoms with E-state index in [4.69, 9.17) is 9.84 Å². The third kappa shape index (κ3) is 3.25. The molecule has 19 heavy (non-hydrogen) atoms. The minimum absolute atomic E-state index is 0.108. The quantitative estimate of drug-likeness (QED) is 0.516. The fraction of sp³-hybridized carbons (Fsp3) is 0.286. The van der Waals surface area contributed by atoms with Crippen LogP contribution in [0.3, 0.4) is 0 Å². The number of benzene rings is 1. The van der Waals surface area contributed by atoms with E-state index in [9.17, 15) is 9.59 Å².